The SMILES string of the molecule is CC(C)(C)c1ccc(C2(C(=O)NC(CO)c3ccco3)CC2)cc1. The molecule has 2 N–H and O–H groups in total. The van der Waals surface area contributed by atoms with E-state index in [4.69, 9.17) is 4.42 Å². The lowest BCUT2D eigenvalue weighted by atomic mass is 9.85. The Kier molecular flexibility index (Phi) is 4.26. The first-order valence-corrected chi connectivity index (χ1v) is 8.43. The summed E-state index contributed by atoms with van der Waals surface area (Å²) in [7, 11) is 0. The smallest absolute Gasteiger partial charge is 0.231 e. The highest BCUT2D eigenvalue weighted by Gasteiger charge is 2.51. The van der Waals surface area contributed by atoms with Crippen molar-refractivity contribution in [2.45, 2.75) is 50.5 Å². The van der Waals surface area contributed by atoms with Gasteiger partial charge in [0.25, 0.3) is 0 Å². The van der Waals surface area contributed by atoms with Crippen LogP contribution in [0.5, 0.6) is 0 Å². The fraction of sp³-hybridized carbons (Fsp3) is 0.450. The van der Waals surface area contributed by atoms with Crippen molar-refractivity contribution in [3.63, 3.8) is 0 Å². The van der Waals surface area contributed by atoms with Gasteiger partial charge < -0.3 is 14.8 Å². The van der Waals surface area contributed by atoms with E-state index in [0.717, 1.165) is 18.4 Å². The number of hydrogen-bond donors (Lipinski definition) is 2. The zero-order valence-corrected chi connectivity index (χ0v) is 14.5. The standard InChI is InChI=1S/C20H25NO3/c1-19(2,3)14-6-8-15(9-7-14)20(10-11-20)18(23)21-16(13-22)17-5-4-12-24-17/h4-9,12,16,22H,10-11,13H2,1-3H3,(H,21,23). The van der Waals surface area contributed by atoms with Crippen molar-refractivity contribution in [2.24, 2.45) is 0 Å². The monoisotopic (exact) mass is 327 g/mol. The number of carbonyl (C=O) groups excluding carboxylic acids is 1. The second kappa shape index (κ2) is 6.10. The quantitative estimate of drug-likeness (QED) is 0.884. The van der Waals surface area contributed by atoms with Gasteiger partial charge in [0.2, 0.25) is 5.91 Å². The normalized spacial score (nSPS) is 17.3. The maximum absolute atomic E-state index is 12.8. The van der Waals surface area contributed by atoms with Crippen molar-refractivity contribution >= 4 is 5.91 Å². The Balaban J connectivity index is 1.77. The maximum Gasteiger partial charge on any atom is 0.231 e. The van der Waals surface area contributed by atoms with Crippen LogP contribution in [0.3, 0.4) is 0 Å². The highest BCUT2D eigenvalue weighted by atomic mass is 16.3. The number of amides is 1. The molecule has 3 rings (SSSR count). The van der Waals surface area contributed by atoms with Gasteiger partial charge in [0.05, 0.1) is 18.3 Å². The Hall–Kier alpha value is -2.07. The van der Waals surface area contributed by atoms with E-state index < -0.39 is 11.5 Å². The molecule has 1 unspecified atom stereocenters. The Morgan fingerprint density at radius 1 is 1.25 bits per heavy atom. The molecular formula is C20H25NO3. The summed E-state index contributed by atoms with van der Waals surface area (Å²) in [6.45, 7) is 6.35. The van der Waals surface area contributed by atoms with Gasteiger partial charge in [-0.2, -0.15) is 0 Å². The molecule has 1 atom stereocenters. The summed E-state index contributed by atoms with van der Waals surface area (Å²) < 4.78 is 5.30. The third-order valence-electron chi connectivity index (χ3n) is 4.86. The van der Waals surface area contributed by atoms with Gasteiger partial charge >= 0.3 is 0 Å². The van der Waals surface area contributed by atoms with Gasteiger partial charge in [-0.25, -0.2) is 0 Å². The molecule has 128 valence electrons. The molecule has 24 heavy (non-hydrogen) atoms. The molecule has 1 saturated carbocycles. The molecule has 1 amide bonds. The Labute approximate surface area is 142 Å². The van der Waals surface area contributed by atoms with Crippen molar-refractivity contribution in [1.29, 1.82) is 0 Å². The molecule has 2 aromatic rings. The van der Waals surface area contributed by atoms with E-state index in [1.54, 1.807) is 18.4 Å². The summed E-state index contributed by atoms with van der Waals surface area (Å²) in [5, 5.41) is 12.5. The molecule has 1 fully saturated rings. The molecule has 0 bridgehead atoms. The number of aliphatic hydroxyl groups excluding tert-OH is 1. The number of aliphatic hydroxyl groups is 1. The molecule has 1 aromatic carbocycles. The Bertz CT molecular complexity index is 691. The van der Waals surface area contributed by atoms with Crippen molar-refractivity contribution in [2.75, 3.05) is 6.61 Å². The molecule has 1 aromatic heterocycles. The molecule has 1 aliphatic carbocycles. The summed E-state index contributed by atoms with van der Waals surface area (Å²) in [5.41, 5.74) is 1.94. The summed E-state index contributed by atoms with van der Waals surface area (Å²) in [6.07, 6.45) is 3.22. The summed E-state index contributed by atoms with van der Waals surface area (Å²) in [6, 6.07) is 11.4. The van der Waals surface area contributed by atoms with Gasteiger partial charge in [0, 0.05) is 0 Å². The van der Waals surface area contributed by atoms with Gasteiger partial charge in [0.1, 0.15) is 11.8 Å². The van der Waals surface area contributed by atoms with Crippen LogP contribution < -0.4 is 5.32 Å². The second-order valence-corrected chi connectivity index (χ2v) is 7.63. The predicted molar refractivity (Wildman–Crippen MR) is 92.7 cm³/mol. The zero-order valence-electron chi connectivity index (χ0n) is 14.5. The predicted octanol–water partition coefficient (Wildman–Crippen LogP) is 3.46. The highest BCUT2D eigenvalue weighted by Crippen LogP contribution is 2.49. The van der Waals surface area contributed by atoms with Gasteiger partial charge in [-0.1, -0.05) is 45.0 Å². The summed E-state index contributed by atoms with van der Waals surface area (Å²) in [5.74, 6) is 0.534. The molecule has 1 aliphatic rings. The van der Waals surface area contributed by atoms with E-state index in [9.17, 15) is 9.90 Å². The minimum absolute atomic E-state index is 0.0403. The molecule has 0 spiro atoms. The first-order chi connectivity index (χ1) is 11.4. The Morgan fingerprint density at radius 2 is 1.92 bits per heavy atom. The van der Waals surface area contributed by atoms with Crippen LogP contribution in [0.25, 0.3) is 0 Å². The fourth-order valence-electron chi connectivity index (χ4n) is 3.05. The highest BCUT2D eigenvalue weighted by molar-refractivity contribution is 5.91. The van der Waals surface area contributed by atoms with Crippen LogP contribution in [-0.4, -0.2) is 17.6 Å². The van der Waals surface area contributed by atoms with Crippen molar-refractivity contribution in [3.05, 3.63) is 59.5 Å². The van der Waals surface area contributed by atoms with Gasteiger partial charge in [-0.05, 0) is 41.5 Å². The van der Waals surface area contributed by atoms with Crippen LogP contribution in [-0.2, 0) is 15.6 Å². The van der Waals surface area contributed by atoms with Crippen LogP contribution in [0.2, 0.25) is 0 Å². The third kappa shape index (κ3) is 3.11. The summed E-state index contributed by atoms with van der Waals surface area (Å²) >= 11 is 0. The number of nitrogens with one attached hydrogen (secondary N) is 1. The third-order valence-corrected chi connectivity index (χ3v) is 4.86. The van der Waals surface area contributed by atoms with Crippen molar-refractivity contribution < 1.29 is 14.3 Å². The van der Waals surface area contributed by atoms with E-state index in [0.29, 0.717) is 5.76 Å². The lowest BCUT2D eigenvalue weighted by Gasteiger charge is -2.22. The molecule has 0 radical (unpaired) electrons. The number of furan rings is 1. The van der Waals surface area contributed by atoms with E-state index in [2.05, 4.69) is 50.4 Å². The molecule has 0 saturated heterocycles. The summed E-state index contributed by atoms with van der Waals surface area (Å²) in [4.78, 5) is 12.8. The van der Waals surface area contributed by atoms with Crippen molar-refractivity contribution in [1.82, 2.24) is 5.32 Å². The van der Waals surface area contributed by atoms with E-state index in [1.807, 2.05) is 0 Å². The lowest BCUT2D eigenvalue weighted by Crippen LogP contribution is -2.38. The number of benzene rings is 1. The van der Waals surface area contributed by atoms with Crippen LogP contribution in [0.1, 0.15) is 56.5 Å². The van der Waals surface area contributed by atoms with Crippen molar-refractivity contribution in [3.8, 4) is 0 Å². The molecule has 4 heteroatoms. The number of rotatable bonds is 5. The number of hydrogen-bond acceptors (Lipinski definition) is 3. The average molecular weight is 327 g/mol. The zero-order chi connectivity index (χ0) is 17.4. The second-order valence-electron chi connectivity index (χ2n) is 7.63. The first kappa shape index (κ1) is 16.8. The van der Waals surface area contributed by atoms with E-state index >= 15 is 0 Å². The van der Waals surface area contributed by atoms with Crippen LogP contribution in [0.4, 0.5) is 0 Å². The lowest BCUT2D eigenvalue weighted by molar-refractivity contribution is -0.124. The van der Waals surface area contributed by atoms with E-state index in [-0.39, 0.29) is 17.9 Å². The molecule has 4 nitrogen and oxygen atoms in total. The molecule has 0 aliphatic heterocycles. The fourth-order valence-corrected chi connectivity index (χ4v) is 3.05. The molecular weight excluding hydrogens is 302 g/mol. The van der Waals surface area contributed by atoms with Crippen LogP contribution >= 0.6 is 0 Å². The van der Waals surface area contributed by atoms with Gasteiger partial charge in [0.15, 0.2) is 0 Å². The first-order valence-electron chi connectivity index (χ1n) is 8.43. The Morgan fingerprint density at radius 3 is 2.38 bits per heavy atom. The largest absolute Gasteiger partial charge is 0.467 e. The minimum Gasteiger partial charge on any atom is -0.467 e. The maximum atomic E-state index is 12.8. The molecule has 1 heterocycles. The van der Waals surface area contributed by atoms with Gasteiger partial charge in [-0.3, -0.25) is 4.79 Å². The average Bonchev–Trinajstić information content (AvgIpc) is 3.20. The topological polar surface area (TPSA) is 62.5 Å². The van der Waals surface area contributed by atoms with Crippen LogP contribution in [0, 0.1) is 0 Å². The minimum atomic E-state index is -0.501. The number of carbonyl (C=O) groups is 1. The van der Waals surface area contributed by atoms with Crippen LogP contribution in [0.15, 0.2) is 47.1 Å². The van der Waals surface area contributed by atoms with Gasteiger partial charge in [-0.15, -0.1) is 0 Å². The van der Waals surface area contributed by atoms with E-state index in [1.165, 1.54) is 5.56 Å².